The molecule has 0 saturated heterocycles. The maximum Gasteiger partial charge on any atom is -0.0111 e. The van der Waals surface area contributed by atoms with E-state index in [2.05, 4.69) is 50.4 Å². The van der Waals surface area contributed by atoms with Gasteiger partial charge in [-0.3, -0.25) is 0 Å². The fraction of sp³-hybridized carbons (Fsp3) is 0.0667. The van der Waals surface area contributed by atoms with Gasteiger partial charge in [-0.05, 0) is 41.0 Å². The molecule has 0 aromatic heterocycles. The van der Waals surface area contributed by atoms with E-state index in [1.165, 1.54) is 21.9 Å². The molecular formula is C15H14. The van der Waals surface area contributed by atoms with Gasteiger partial charge in [-0.2, -0.15) is 0 Å². The summed E-state index contributed by atoms with van der Waals surface area (Å²) in [5, 5.41) is 2.50. The molecule has 2 rings (SSSR count). The summed E-state index contributed by atoms with van der Waals surface area (Å²) in [7, 11) is 0. The van der Waals surface area contributed by atoms with Crippen molar-refractivity contribution in [3.63, 3.8) is 0 Å². The average molecular weight is 194 g/mol. The van der Waals surface area contributed by atoms with Crippen LogP contribution in [0.1, 0.15) is 16.7 Å². The van der Waals surface area contributed by atoms with Gasteiger partial charge in [0, 0.05) is 0 Å². The molecule has 0 radical (unpaired) electrons. The number of rotatable bonds is 2. The van der Waals surface area contributed by atoms with Gasteiger partial charge in [0.1, 0.15) is 0 Å². The maximum absolute atomic E-state index is 3.84. The Morgan fingerprint density at radius 2 is 1.80 bits per heavy atom. The van der Waals surface area contributed by atoms with Crippen molar-refractivity contribution in [3.05, 3.63) is 60.2 Å². The SMILES string of the molecule is C=Cc1cc(C=C)c2ccc(C)cc2c1. The van der Waals surface area contributed by atoms with Gasteiger partial charge in [-0.25, -0.2) is 0 Å². The van der Waals surface area contributed by atoms with Crippen LogP contribution in [0.15, 0.2) is 43.5 Å². The van der Waals surface area contributed by atoms with Gasteiger partial charge >= 0.3 is 0 Å². The van der Waals surface area contributed by atoms with E-state index in [-0.39, 0.29) is 0 Å². The normalized spacial score (nSPS) is 10.2. The molecule has 0 bridgehead atoms. The van der Waals surface area contributed by atoms with Crippen LogP contribution in [0.3, 0.4) is 0 Å². The molecule has 0 aliphatic rings. The van der Waals surface area contributed by atoms with E-state index in [0.29, 0.717) is 0 Å². The van der Waals surface area contributed by atoms with Crippen LogP contribution in [0.5, 0.6) is 0 Å². The molecule has 0 nitrogen and oxygen atoms in total. The summed E-state index contributed by atoms with van der Waals surface area (Å²) in [6.45, 7) is 9.75. The molecule has 0 heterocycles. The molecule has 0 N–H and O–H groups in total. The molecule has 0 saturated carbocycles. The molecule has 0 heteroatoms. The van der Waals surface area contributed by atoms with Crippen LogP contribution in [0.2, 0.25) is 0 Å². The van der Waals surface area contributed by atoms with Crippen molar-refractivity contribution in [2.75, 3.05) is 0 Å². The first-order valence-corrected chi connectivity index (χ1v) is 5.04. The largest absolute Gasteiger partial charge is 0.0985 e. The van der Waals surface area contributed by atoms with Crippen molar-refractivity contribution >= 4 is 22.9 Å². The Kier molecular flexibility index (Phi) is 2.42. The second-order valence-electron chi connectivity index (χ2n) is 3.74. The lowest BCUT2D eigenvalue weighted by Crippen LogP contribution is -1.82. The third-order valence-corrected chi connectivity index (χ3v) is 2.62. The Hall–Kier alpha value is -1.82. The molecule has 0 aliphatic carbocycles. The number of aryl methyl sites for hydroxylation is 1. The molecule has 0 atom stereocenters. The lowest BCUT2D eigenvalue weighted by atomic mass is 9.99. The quantitative estimate of drug-likeness (QED) is 0.663. The van der Waals surface area contributed by atoms with Gasteiger partial charge in [-0.15, -0.1) is 0 Å². The Bertz CT molecular complexity index is 533. The van der Waals surface area contributed by atoms with Crippen molar-refractivity contribution in [1.29, 1.82) is 0 Å². The highest BCUT2D eigenvalue weighted by molar-refractivity contribution is 5.92. The Balaban J connectivity index is 2.86. The summed E-state index contributed by atoms with van der Waals surface area (Å²) in [6, 6.07) is 10.7. The third kappa shape index (κ3) is 1.71. The second-order valence-corrected chi connectivity index (χ2v) is 3.74. The van der Waals surface area contributed by atoms with Crippen LogP contribution < -0.4 is 0 Å². The van der Waals surface area contributed by atoms with Crippen LogP contribution in [0, 0.1) is 6.92 Å². The van der Waals surface area contributed by atoms with Crippen LogP contribution in [-0.4, -0.2) is 0 Å². The monoisotopic (exact) mass is 194 g/mol. The Morgan fingerprint density at radius 1 is 1.00 bits per heavy atom. The van der Waals surface area contributed by atoms with E-state index in [1.54, 1.807) is 0 Å². The van der Waals surface area contributed by atoms with E-state index >= 15 is 0 Å². The van der Waals surface area contributed by atoms with Gasteiger partial charge < -0.3 is 0 Å². The zero-order valence-electron chi connectivity index (χ0n) is 8.96. The smallest absolute Gasteiger partial charge is 0.0111 e. The van der Waals surface area contributed by atoms with E-state index in [0.717, 1.165) is 5.56 Å². The van der Waals surface area contributed by atoms with Gasteiger partial charge in [-0.1, -0.05) is 49.1 Å². The molecule has 0 amide bonds. The summed E-state index contributed by atoms with van der Waals surface area (Å²) in [4.78, 5) is 0. The number of fused-ring (bicyclic) bond motifs is 1. The predicted molar refractivity (Wildman–Crippen MR) is 68.9 cm³/mol. The number of benzene rings is 2. The molecule has 0 aliphatic heterocycles. The van der Waals surface area contributed by atoms with Crippen molar-refractivity contribution in [3.8, 4) is 0 Å². The summed E-state index contributed by atoms with van der Waals surface area (Å²) < 4.78 is 0. The topological polar surface area (TPSA) is 0 Å². The van der Waals surface area contributed by atoms with Crippen LogP contribution in [-0.2, 0) is 0 Å². The highest BCUT2D eigenvalue weighted by Gasteiger charge is 2.00. The Morgan fingerprint density at radius 3 is 2.47 bits per heavy atom. The summed E-state index contributed by atoms with van der Waals surface area (Å²) >= 11 is 0. The van der Waals surface area contributed by atoms with Crippen LogP contribution in [0.4, 0.5) is 0 Å². The molecular weight excluding hydrogens is 180 g/mol. The van der Waals surface area contributed by atoms with Gasteiger partial charge in [0.25, 0.3) is 0 Å². The fourth-order valence-corrected chi connectivity index (χ4v) is 1.83. The average Bonchev–Trinajstić information content (AvgIpc) is 2.26. The first kappa shape index (κ1) is 9.72. The van der Waals surface area contributed by atoms with Crippen molar-refractivity contribution in [2.24, 2.45) is 0 Å². The third-order valence-electron chi connectivity index (χ3n) is 2.62. The highest BCUT2D eigenvalue weighted by Crippen LogP contribution is 2.23. The maximum atomic E-state index is 3.84. The summed E-state index contributed by atoms with van der Waals surface area (Å²) in [5.41, 5.74) is 3.59. The summed E-state index contributed by atoms with van der Waals surface area (Å²) in [6.07, 6.45) is 3.76. The predicted octanol–water partition coefficient (Wildman–Crippen LogP) is 4.43. The lowest BCUT2D eigenvalue weighted by molar-refractivity contribution is 1.50. The molecule has 15 heavy (non-hydrogen) atoms. The Labute approximate surface area is 90.6 Å². The first-order valence-electron chi connectivity index (χ1n) is 5.04. The minimum absolute atomic E-state index is 1.14. The van der Waals surface area contributed by atoms with E-state index < -0.39 is 0 Å². The minimum Gasteiger partial charge on any atom is -0.0985 e. The zero-order chi connectivity index (χ0) is 10.8. The van der Waals surface area contributed by atoms with E-state index in [4.69, 9.17) is 0 Å². The number of hydrogen-bond acceptors (Lipinski definition) is 0. The van der Waals surface area contributed by atoms with E-state index in [9.17, 15) is 0 Å². The zero-order valence-corrected chi connectivity index (χ0v) is 8.96. The van der Waals surface area contributed by atoms with Gasteiger partial charge in [0.2, 0.25) is 0 Å². The first-order chi connectivity index (χ1) is 7.24. The van der Waals surface area contributed by atoms with Crippen LogP contribution in [0.25, 0.3) is 22.9 Å². The summed E-state index contributed by atoms with van der Waals surface area (Å²) in [5.74, 6) is 0. The van der Waals surface area contributed by atoms with E-state index in [1.807, 2.05) is 12.2 Å². The molecule has 0 fully saturated rings. The highest BCUT2D eigenvalue weighted by atomic mass is 14.0. The van der Waals surface area contributed by atoms with Crippen molar-refractivity contribution in [2.45, 2.75) is 6.92 Å². The molecule has 0 spiro atoms. The lowest BCUT2D eigenvalue weighted by Gasteiger charge is -2.05. The standard InChI is InChI=1S/C15H14/c1-4-12-9-13(5-2)15-7-6-11(3)8-14(15)10-12/h4-10H,1-2H2,3H3. The second kappa shape index (κ2) is 3.74. The van der Waals surface area contributed by atoms with Gasteiger partial charge in [0.15, 0.2) is 0 Å². The van der Waals surface area contributed by atoms with Crippen LogP contribution >= 0.6 is 0 Å². The molecule has 2 aromatic carbocycles. The molecule has 0 unspecified atom stereocenters. The molecule has 74 valence electrons. The van der Waals surface area contributed by atoms with Gasteiger partial charge in [0.05, 0.1) is 0 Å². The van der Waals surface area contributed by atoms with Crippen molar-refractivity contribution < 1.29 is 0 Å². The minimum atomic E-state index is 1.14. The molecule has 2 aromatic rings. The number of hydrogen-bond donors (Lipinski definition) is 0. The van der Waals surface area contributed by atoms with Crippen molar-refractivity contribution in [1.82, 2.24) is 0 Å². The fourth-order valence-electron chi connectivity index (χ4n) is 1.83.